The highest BCUT2D eigenvalue weighted by Gasteiger charge is 2.37. The van der Waals surface area contributed by atoms with E-state index in [-0.39, 0.29) is 37.7 Å². The third kappa shape index (κ3) is 6.47. The molecule has 0 radical (unpaired) electrons. The smallest absolute Gasteiger partial charge is 0.290 e. The van der Waals surface area contributed by atoms with Gasteiger partial charge in [0.05, 0.1) is 12.7 Å². The number of nitrogens with one attached hydrogen (secondary N) is 1. The van der Waals surface area contributed by atoms with E-state index in [1.54, 1.807) is 0 Å². The summed E-state index contributed by atoms with van der Waals surface area (Å²) in [5.41, 5.74) is 2.36. The third-order valence-corrected chi connectivity index (χ3v) is 5.15. The van der Waals surface area contributed by atoms with Crippen LogP contribution < -0.4 is 10.1 Å². The molecule has 2 aliphatic heterocycles. The molecule has 0 saturated carbocycles. The van der Waals surface area contributed by atoms with Crippen molar-refractivity contribution < 1.29 is 29.3 Å². The van der Waals surface area contributed by atoms with Crippen molar-refractivity contribution in [1.82, 2.24) is 10.2 Å². The van der Waals surface area contributed by atoms with E-state index < -0.39 is 0 Å². The summed E-state index contributed by atoms with van der Waals surface area (Å²) in [5, 5.41) is 19.0. The Morgan fingerprint density at radius 1 is 1.36 bits per heavy atom. The highest BCUT2D eigenvalue weighted by Crippen LogP contribution is 2.24. The number of aliphatic hydroxyl groups excluding tert-OH is 1. The van der Waals surface area contributed by atoms with Crippen LogP contribution in [0.25, 0.3) is 0 Å². The fourth-order valence-electron chi connectivity index (χ4n) is 3.59. The Bertz CT molecular complexity index is 654. The molecule has 3 rings (SSSR count). The van der Waals surface area contributed by atoms with Crippen molar-refractivity contribution in [2.75, 3.05) is 32.9 Å². The summed E-state index contributed by atoms with van der Waals surface area (Å²) in [6, 6.07) is 6.35. The first-order valence-electron chi connectivity index (χ1n) is 9.50. The zero-order valence-corrected chi connectivity index (χ0v) is 16.5. The van der Waals surface area contributed by atoms with Gasteiger partial charge in [-0.15, -0.1) is 0 Å². The summed E-state index contributed by atoms with van der Waals surface area (Å²) >= 11 is 0. The second kappa shape index (κ2) is 11.0. The van der Waals surface area contributed by atoms with Gasteiger partial charge >= 0.3 is 0 Å². The van der Waals surface area contributed by atoms with Crippen molar-refractivity contribution in [3.63, 3.8) is 0 Å². The maximum Gasteiger partial charge on any atom is 0.290 e. The second-order valence-corrected chi connectivity index (χ2v) is 7.22. The molecule has 1 aromatic rings. The van der Waals surface area contributed by atoms with E-state index in [0.717, 1.165) is 30.8 Å². The van der Waals surface area contributed by atoms with E-state index in [1.807, 2.05) is 25.1 Å². The molecule has 0 aromatic heterocycles. The number of aliphatic hydroxyl groups is 1. The van der Waals surface area contributed by atoms with E-state index in [4.69, 9.17) is 24.5 Å². The lowest BCUT2D eigenvalue weighted by Crippen LogP contribution is -2.46. The van der Waals surface area contributed by atoms with E-state index in [2.05, 4.69) is 17.1 Å². The first kappa shape index (κ1) is 22.1. The molecule has 2 heterocycles. The van der Waals surface area contributed by atoms with Gasteiger partial charge in [0.1, 0.15) is 5.75 Å². The van der Waals surface area contributed by atoms with Crippen LogP contribution in [0.5, 0.6) is 5.75 Å². The van der Waals surface area contributed by atoms with Gasteiger partial charge in [-0.05, 0) is 49.9 Å². The van der Waals surface area contributed by atoms with Gasteiger partial charge in [0.15, 0.2) is 6.61 Å². The lowest BCUT2D eigenvalue weighted by Gasteiger charge is -2.34. The summed E-state index contributed by atoms with van der Waals surface area (Å²) in [7, 11) is 0. The van der Waals surface area contributed by atoms with Gasteiger partial charge in [-0.1, -0.05) is 6.07 Å². The Kier molecular flexibility index (Phi) is 8.69. The number of carbonyl (C=O) groups excluding carboxylic acids is 1. The minimum Gasteiger partial charge on any atom is -0.484 e. The number of aryl methyl sites for hydroxylation is 2. The summed E-state index contributed by atoms with van der Waals surface area (Å²) < 4.78 is 11.4. The lowest BCUT2D eigenvalue weighted by atomic mass is 10.1. The normalized spacial score (nSPS) is 23.9. The molecule has 0 bridgehead atoms. The molecule has 8 heteroatoms. The Morgan fingerprint density at radius 3 is 2.79 bits per heavy atom. The van der Waals surface area contributed by atoms with Gasteiger partial charge in [-0.25, -0.2) is 0 Å². The summed E-state index contributed by atoms with van der Waals surface area (Å²) in [6.45, 7) is 6.36. The lowest BCUT2D eigenvalue weighted by molar-refractivity contribution is -0.124. The number of nitrogens with zero attached hydrogens (tertiary/aromatic N) is 1. The highest BCUT2D eigenvalue weighted by molar-refractivity contribution is 5.77. The Morgan fingerprint density at radius 2 is 2.11 bits per heavy atom. The van der Waals surface area contributed by atoms with Crippen LogP contribution in [-0.4, -0.2) is 78.6 Å². The standard InChI is InChI=1S/C19H28N2O4.CH2O2/c1-13-3-4-17(7-14(13)2)25-12-19(23)20-15-8-16-11-24-18(5-6-22)10-21(16)9-15;2-1-3/h3-4,7,15-16,18,22H,5-6,8-12H2,1-2H3,(H,20,23);1H,(H,2,3)/t15-,16+,18+;/m1./s1. The Balaban J connectivity index is 0.000000878. The molecule has 28 heavy (non-hydrogen) atoms. The molecular weight excluding hydrogens is 364 g/mol. The number of fused-ring (bicyclic) bond motifs is 1. The molecular formula is C20H30N2O6. The molecule has 3 N–H and O–H groups in total. The van der Waals surface area contributed by atoms with E-state index in [1.165, 1.54) is 5.56 Å². The average Bonchev–Trinajstić information content (AvgIpc) is 3.05. The molecule has 0 aliphatic carbocycles. The van der Waals surface area contributed by atoms with Gasteiger partial charge in [0.2, 0.25) is 0 Å². The van der Waals surface area contributed by atoms with Gasteiger partial charge in [0.25, 0.3) is 12.4 Å². The number of benzene rings is 1. The number of carboxylic acid groups (broad SMARTS) is 1. The Hall–Kier alpha value is -2.16. The number of hydrogen-bond donors (Lipinski definition) is 3. The van der Waals surface area contributed by atoms with Gasteiger partial charge in [-0.3, -0.25) is 14.5 Å². The van der Waals surface area contributed by atoms with E-state index in [0.29, 0.717) is 19.1 Å². The number of carbonyl (C=O) groups is 2. The maximum atomic E-state index is 12.2. The van der Waals surface area contributed by atoms with Crippen LogP contribution in [0.2, 0.25) is 0 Å². The van der Waals surface area contributed by atoms with Crippen LogP contribution in [0, 0.1) is 13.8 Å². The van der Waals surface area contributed by atoms with Gasteiger partial charge < -0.3 is 25.0 Å². The molecule has 3 atom stereocenters. The molecule has 0 spiro atoms. The first-order chi connectivity index (χ1) is 13.5. The van der Waals surface area contributed by atoms with Crippen LogP contribution in [0.3, 0.4) is 0 Å². The third-order valence-electron chi connectivity index (χ3n) is 5.15. The van der Waals surface area contributed by atoms with Crippen molar-refractivity contribution in [2.24, 2.45) is 0 Å². The van der Waals surface area contributed by atoms with Crippen molar-refractivity contribution in [1.29, 1.82) is 0 Å². The molecule has 1 aromatic carbocycles. The number of morpholine rings is 1. The number of rotatable bonds is 6. The molecule has 2 aliphatic rings. The zero-order chi connectivity index (χ0) is 20.5. The Labute approximate surface area is 165 Å². The number of amides is 1. The van der Waals surface area contributed by atoms with Crippen LogP contribution >= 0.6 is 0 Å². The van der Waals surface area contributed by atoms with Crippen LogP contribution in [0.4, 0.5) is 0 Å². The topological polar surface area (TPSA) is 108 Å². The SMILES string of the molecule is Cc1ccc(OCC(=O)N[C@@H]2C[C@H]3CO[C@@H](CCO)CN3C2)cc1C.O=CO. The number of ether oxygens (including phenoxy) is 2. The predicted molar refractivity (Wildman–Crippen MR) is 103 cm³/mol. The largest absolute Gasteiger partial charge is 0.484 e. The second-order valence-electron chi connectivity index (χ2n) is 7.22. The zero-order valence-electron chi connectivity index (χ0n) is 16.5. The minimum absolute atomic E-state index is 0.0350. The fourth-order valence-corrected chi connectivity index (χ4v) is 3.59. The van der Waals surface area contributed by atoms with Crippen LogP contribution in [0.1, 0.15) is 24.0 Å². The molecule has 156 valence electrons. The summed E-state index contributed by atoms with van der Waals surface area (Å²) in [4.78, 5) is 22.9. The van der Waals surface area contributed by atoms with Crippen LogP contribution in [0.15, 0.2) is 18.2 Å². The highest BCUT2D eigenvalue weighted by atomic mass is 16.5. The monoisotopic (exact) mass is 394 g/mol. The molecule has 0 unspecified atom stereocenters. The van der Waals surface area contributed by atoms with E-state index >= 15 is 0 Å². The fraction of sp³-hybridized carbons (Fsp3) is 0.600. The van der Waals surface area contributed by atoms with Crippen molar-refractivity contribution in [2.45, 2.75) is 44.9 Å². The van der Waals surface area contributed by atoms with Crippen molar-refractivity contribution in [3.8, 4) is 5.75 Å². The molecule has 2 fully saturated rings. The van der Waals surface area contributed by atoms with Crippen molar-refractivity contribution >= 4 is 12.4 Å². The molecule has 2 saturated heterocycles. The van der Waals surface area contributed by atoms with E-state index in [9.17, 15) is 4.79 Å². The van der Waals surface area contributed by atoms with Gasteiger partial charge in [-0.2, -0.15) is 0 Å². The average molecular weight is 394 g/mol. The quantitative estimate of drug-likeness (QED) is 0.610. The predicted octanol–water partition coefficient (Wildman–Crippen LogP) is 0.723. The minimum atomic E-state index is -0.250. The summed E-state index contributed by atoms with van der Waals surface area (Å²) in [5.74, 6) is 0.637. The maximum absolute atomic E-state index is 12.2. The summed E-state index contributed by atoms with van der Waals surface area (Å²) in [6.07, 6.45) is 1.68. The van der Waals surface area contributed by atoms with Gasteiger partial charge in [0, 0.05) is 31.8 Å². The number of hydrogen-bond acceptors (Lipinski definition) is 6. The van der Waals surface area contributed by atoms with Crippen LogP contribution in [-0.2, 0) is 14.3 Å². The molecule has 1 amide bonds. The molecule has 8 nitrogen and oxygen atoms in total. The van der Waals surface area contributed by atoms with Crippen molar-refractivity contribution in [3.05, 3.63) is 29.3 Å². The first-order valence-corrected chi connectivity index (χ1v) is 9.50.